The van der Waals surface area contributed by atoms with Gasteiger partial charge in [0.05, 0.1) is 13.2 Å². The smallest absolute Gasteiger partial charge is 0.254 e. The van der Waals surface area contributed by atoms with E-state index < -0.39 is 6.10 Å². The van der Waals surface area contributed by atoms with Crippen molar-refractivity contribution in [3.8, 4) is 11.1 Å². The molecule has 0 aliphatic heterocycles. The molecule has 23 heavy (non-hydrogen) atoms. The van der Waals surface area contributed by atoms with Gasteiger partial charge in [0.2, 0.25) is 0 Å². The Morgan fingerprint density at radius 3 is 2.57 bits per heavy atom. The van der Waals surface area contributed by atoms with Gasteiger partial charge in [-0.2, -0.15) is 0 Å². The summed E-state index contributed by atoms with van der Waals surface area (Å²) in [7, 11) is 0. The molecule has 1 aromatic carbocycles. The first-order valence-electron chi connectivity index (χ1n) is 7.72. The van der Waals surface area contributed by atoms with E-state index in [1.807, 2.05) is 43.3 Å². The van der Waals surface area contributed by atoms with E-state index in [4.69, 9.17) is 9.47 Å². The fourth-order valence-electron chi connectivity index (χ4n) is 2.00. The molecular weight excluding hydrogens is 292 g/mol. The summed E-state index contributed by atoms with van der Waals surface area (Å²) in [5.74, 6) is 0.288. The lowest BCUT2D eigenvalue weighted by molar-refractivity contribution is -0.127. The fraction of sp³-hybridized carbons (Fsp3) is 0.333. The summed E-state index contributed by atoms with van der Waals surface area (Å²) in [6.07, 6.45) is 1.19. The van der Waals surface area contributed by atoms with Crippen LogP contribution in [0.5, 0.6) is 0 Å². The number of aromatic nitrogens is 1. The molecule has 1 amide bonds. The van der Waals surface area contributed by atoms with Crippen LogP contribution in [0, 0.1) is 0 Å². The largest absolute Gasteiger partial charge is 0.379 e. The highest BCUT2D eigenvalue weighted by atomic mass is 16.5. The molecule has 1 heterocycles. The molecule has 1 N–H and O–H groups in total. The zero-order chi connectivity index (χ0) is 16.5. The van der Waals surface area contributed by atoms with Gasteiger partial charge in [0.25, 0.3) is 5.91 Å². The van der Waals surface area contributed by atoms with Gasteiger partial charge in [0, 0.05) is 18.4 Å². The number of nitrogens with zero attached hydrogens (tertiary/aromatic N) is 1. The van der Waals surface area contributed by atoms with Crippen molar-refractivity contribution in [1.82, 2.24) is 4.98 Å². The first-order valence-corrected chi connectivity index (χ1v) is 7.72. The number of carbonyl (C=O) groups is 1. The number of anilines is 1. The zero-order valence-electron chi connectivity index (χ0n) is 13.5. The van der Waals surface area contributed by atoms with Crippen LogP contribution in [0.2, 0.25) is 0 Å². The summed E-state index contributed by atoms with van der Waals surface area (Å²) in [5.41, 5.74) is 2.09. The minimum Gasteiger partial charge on any atom is -0.379 e. The normalized spacial score (nSPS) is 11.9. The Morgan fingerprint density at radius 1 is 1.13 bits per heavy atom. The highest BCUT2D eigenvalue weighted by Gasteiger charge is 2.13. The molecular formula is C18H22N2O3. The van der Waals surface area contributed by atoms with Gasteiger partial charge in [-0.25, -0.2) is 4.98 Å². The van der Waals surface area contributed by atoms with E-state index in [1.54, 1.807) is 19.2 Å². The van der Waals surface area contributed by atoms with E-state index in [-0.39, 0.29) is 5.91 Å². The third-order valence-corrected chi connectivity index (χ3v) is 3.29. The number of ether oxygens (including phenoxy) is 2. The summed E-state index contributed by atoms with van der Waals surface area (Å²) in [6, 6.07) is 13.7. The molecule has 0 spiro atoms. The first kappa shape index (κ1) is 17.1. The molecule has 0 aliphatic rings. The summed E-state index contributed by atoms with van der Waals surface area (Å²) < 4.78 is 10.6. The van der Waals surface area contributed by atoms with Crippen LogP contribution in [-0.2, 0) is 14.3 Å². The second-order valence-electron chi connectivity index (χ2n) is 5.00. The van der Waals surface area contributed by atoms with Crippen LogP contribution in [0.25, 0.3) is 11.1 Å². The standard InChI is InChI=1S/C18H22N2O3/c1-3-22-11-12-23-14(2)18(21)20-17-10-9-16(13-19-17)15-7-5-4-6-8-15/h4-10,13-14H,3,11-12H2,1-2H3,(H,19,20,21)/t14-/m1/s1. The van der Waals surface area contributed by atoms with Crippen LogP contribution in [0.3, 0.4) is 0 Å². The van der Waals surface area contributed by atoms with Crippen LogP contribution in [0.4, 0.5) is 5.82 Å². The van der Waals surface area contributed by atoms with Crippen molar-refractivity contribution in [2.45, 2.75) is 20.0 Å². The Balaban J connectivity index is 1.86. The van der Waals surface area contributed by atoms with Crippen molar-refractivity contribution in [3.05, 3.63) is 48.7 Å². The molecule has 5 nitrogen and oxygen atoms in total. The molecule has 0 saturated carbocycles. The third-order valence-electron chi connectivity index (χ3n) is 3.29. The maximum Gasteiger partial charge on any atom is 0.254 e. The molecule has 2 rings (SSSR count). The van der Waals surface area contributed by atoms with Crippen molar-refractivity contribution in [2.24, 2.45) is 0 Å². The monoisotopic (exact) mass is 314 g/mol. The van der Waals surface area contributed by atoms with Gasteiger partial charge in [-0.1, -0.05) is 30.3 Å². The topological polar surface area (TPSA) is 60.5 Å². The Bertz CT molecular complexity index is 599. The number of nitrogens with one attached hydrogen (secondary N) is 1. The number of benzene rings is 1. The van der Waals surface area contributed by atoms with Gasteiger partial charge in [-0.15, -0.1) is 0 Å². The highest BCUT2D eigenvalue weighted by molar-refractivity contribution is 5.93. The molecule has 0 fully saturated rings. The van der Waals surface area contributed by atoms with Crippen molar-refractivity contribution in [2.75, 3.05) is 25.1 Å². The van der Waals surface area contributed by atoms with E-state index in [9.17, 15) is 4.79 Å². The molecule has 5 heteroatoms. The number of pyridine rings is 1. The average molecular weight is 314 g/mol. The number of carbonyl (C=O) groups excluding carboxylic acids is 1. The summed E-state index contributed by atoms with van der Waals surface area (Å²) in [6.45, 7) is 5.14. The van der Waals surface area contributed by atoms with Crippen molar-refractivity contribution in [1.29, 1.82) is 0 Å². The second-order valence-corrected chi connectivity index (χ2v) is 5.00. The molecule has 0 aliphatic carbocycles. The quantitative estimate of drug-likeness (QED) is 0.761. The highest BCUT2D eigenvalue weighted by Crippen LogP contribution is 2.19. The van der Waals surface area contributed by atoms with Crippen LogP contribution in [-0.4, -0.2) is 36.8 Å². The maximum atomic E-state index is 12.0. The van der Waals surface area contributed by atoms with Gasteiger partial charge < -0.3 is 14.8 Å². The van der Waals surface area contributed by atoms with E-state index in [1.165, 1.54) is 0 Å². The number of hydrogen-bond donors (Lipinski definition) is 1. The van der Waals surface area contributed by atoms with Gasteiger partial charge in [-0.05, 0) is 31.5 Å². The Morgan fingerprint density at radius 2 is 1.91 bits per heavy atom. The van der Waals surface area contributed by atoms with E-state index in [0.717, 1.165) is 11.1 Å². The van der Waals surface area contributed by atoms with Crippen molar-refractivity contribution >= 4 is 11.7 Å². The van der Waals surface area contributed by atoms with Crippen LogP contribution < -0.4 is 5.32 Å². The van der Waals surface area contributed by atoms with Gasteiger partial charge in [-0.3, -0.25) is 4.79 Å². The minimum atomic E-state index is -0.550. The lowest BCUT2D eigenvalue weighted by atomic mass is 10.1. The molecule has 122 valence electrons. The zero-order valence-corrected chi connectivity index (χ0v) is 13.5. The van der Waals surface area contributed by atoms with Crippen LogP contribution in [0.15, 0.2) is 48.7 Å². The third kappa shape index (κ3) is 5.47. The molecule has 1 atom stereocenters. The average Bonchev–Trinajstić information content (AvgIpc) is 2.60. The molecule has 0 bridgehead atoms. The van der Waals surface area contributed by atoms with Crippen LogP contribution >= 0.6 is 0 Å². The predicted octanol–water partition coefficient (Wildman–Crippen LogP) is 3.13. The Hall–Kier alpha value is -2.24. The predicted molar refractivity (Wildman–Crippen MR) is 90.2 cm³/mol. The first-order chi connectivity index (χ1) is 11.2. The number of rotatable bonds is 8. The van der Waals surface area contributed by atoms with Crippen molar-refractivity contribution < 1.29 is 14.3 Å². The number of hydrogen-bond acceptors (Lipinski definition) is 4. The second kappa shape index (κ2) is 9.02. The Labute approximate surface area is 136 Å². The fourth-order valence-corrected chi connectivity index (χ4v) is 2.00. The molecule has 0 saturated heterocycles. The van der Waals surface area contributed by atoms with E-state index >= 15 is 0 Å². The summed E-state index contributed by atoms with van der Waals surface area (Å²) in [4.78, 5) is 16.3. The van der Waals surface area contributed by atoms with Gasteiger partial charge in [0.1, 0.15) is 11.9 Å². The lowest BCUT2D eigenvalue weighted by Gasteiger charge is -2.13. The van der Waals surface area contributed by atoms with Crippen molar-refractivity contribution in [3.63, 3.8) is 0 Å². The molecule has 1 aromatic heterocycles. The van der Waals surface area contributed by atoms with E-state index in [2.05, 4.69) is 10.3 Å². The van der Waals surface area contributed by atoms with Gasteiger partial charge >= 0.3 is 0 Å². The molecule has 0 unspecified atom stereocenters. The lowest BCUT2D eigenvalue weighted by Crippen LogP contribution is -2.29. The molecule has 2 aromatic rings. The van der Waals surface area contributed by atoms with E-state index in [0.29, 0.717) is 25.6 Å². The Kier molecular flexibility index (Phi) is 6.72. The maximum absolute atomic E-state index is 12.0. The van der Waals surface area contributed by atoms with Crippen LogP contribution in [0.1, 0.15) is 13.8 Å². The summed E-state index contributed by atoms with van der Waals surface area (Å²) >= 11 is 0. The van der Waals surface area contributed by atoms with Gasteiger partial charge in [0.15, 0.2) is 0 Å². The SMILES string of the molecule is CCOCCO[C@H](C)C(=O)Nc1ccc(-c2ccccc2)cn1. The summed E-state index contributed by atoms with van der Waals surface area (Å²) in [5, 5.41) is 2.75. The minimum absolute atomic E-state index is 0.221. The number of amides is 1. The molecule has 0 radical (unpaired) electrons.